The van der Waals surface area contributed by atoms with E-state index in [9.17, 15) is 4.79 Å². The Kier molecular flexibility index (Phi) is 4.54. The number of pyridine rings is 1. The van der Waals surface area contributed by atoms with E-state index in [1.165, 1.54) is 31.4 Å². The van der Waals surface area contributed by atoms with E-state index in [0.717, 1.165) is 19.4 Å². The molecule has 0 N–H and O–H groups in total. The summed E-state index contributed by atoms with van der Waals surface area (Å²) in [4.78, 5) is 21.2. The van der Waals surface area contributed by atoms with Crippen molar-refractivity contribution in [3.8, 4) is 0 Å². The first kappa shape index (κ1) is 14.5. The fourth-order valence-corrected chi connectivity index (χ4v) is 3.87. The maximum absolute atomic E-state index is 12.6. The molecule has 0 aromatic carbocycles. The van der Waals surface area contributed by atoms with Gasteiger partial charge in [0.15, 0.2) is 0 Å². The summed E-state index contributed by atoms with van der Waals surface area (Å²) >= 11 is 0. The number of aryl methyl sites for hydroxylation is 1. The quantitative estimate of drug-likeness (QED) is 0.851. The lowest BCUT2D eigenvalue weighted by Gasteiger charge is -2.33. The molecular formula is C17H25N3O. The van der Waals surface area contributed by atoms with Crippen molar-refractivity contribution in [2.24, 2.45) is 0 Å². The molecule has 1 amide bonds. The van der Waals surface area contributed by atoms with Crippen LogP contribution in [0.4, 0.5) is 0 Å². The zero-order chi connectivity index (χ0) is 14.7. The smallest absolute Gasteiger partial charge is 0.223 e. The van der Waals surface area contributed by atoms with E-state index in [1.54, 1.807) is 12.4 Å². The molecule has 21 heavy (non-hydrogen) atoms. The van der Waals surface area contributed by atoms with Gasteiger partial charge in [0.25, 0.3) is 0 Å². The van der Waals surface area contributed by atoms with E-state index in [0.29, 0.717) is 24.4 Å². The van der Waals surface area contributed by atoms with Crippen molar-refractivity contribution < 1.29 is 4.79 Å². The minimum absolute atomic E-state index is 0.328. The van der Waals surface area contributed by atoms with Gasteiger partial charge in [0.1, 0.15) is 0 Å². The molecule has 1 aromatic rings. The number of hydrogen-bond acceptors (Lipinski definition) is 3. The minimum atomic E-state index is 0.328. The predicted octanol–water partition coefficient (Wildman–Crippen LogP) is 2.10. The third-order valence-electron chi connectivity index (χ3n) is 5.02. The van der Waals surface area contributed by atoms with Gasteiger partial charge in [0.05, 0.1) is 0 Å². The third kappa shape index (κ3) is 3.26. The standard InChI is InChI=1S/C17H25N3O/c1-19-12-2-4-15(19)16-5-3-13-20(16)17(21)7-6-14-8-10-18-11-9-14/h8-11,15-16H,2-7,12-13H2,1H3/t15-,16+/m0/s1. The summed E-state index contributed by atoms with van der Waals surface area (Å²) in [5.41, 5.74) is 1.20. The highest BCUT2D eigenvalue weighted by atomic mass is 16.2. The predicted molar refractivity (Wildman–Crippen MR) is 82.9 cm³/mol. The number of rotatable bonds is 4. The monoisotopic (exact) mass is 287 g/mol. The molecule has 2 saturated heterocycles. The van der Waals surface area contributed by atoms with Crippen molar-refractivity contribution in [3.05, 3.63) is 30.1 Å². The normalized spacial score (nSPS) is 26.4. The number of likely N-dealkylation sites (N-methyl/N-ethyl adjacent to an activating group) is 1. The Morgan fingerprint density at radius 1 is 1.19 bits per heavy atom. The van der Waals surface area contributed by atoms with E-state index in [1.807, 2.05) is 12.1 Å². The van der Waals surface area contributed by atoms with Gasteiger partial charge >= 0.3 is 0 Å². The SMILES string of the molecule is CN1CCC[C@H]1[C@H]1CCCN1C(=O)CCc1ccncc1. The molecule has 2 fully saturated rings. The topological polar surface area (TPSA) is 36.4 Å². The lowest BCUT2D eigenvalue weighted by Crippen LogP contribution is -2.47. The van der Waals surface area contributed by atoms with Crippen LogP contribution in [-0.2, 0) is 11.2 Å². The molecule has 0 radical (unpaired) electrons. The molecule has 0 unspecified atom stereocenters. The van der Waals surface area contributed by atoms with Crippen molar-refractivity contribution in [2.45, 2.75) is 50.6 Å². The van der Waals surface area contributed by atoms with Crippen LogP contribution >= 0.6 is 0 Å². The second-order valence-corrected chi connectivity index (χ2v) is 6.34. The summed E-state index contributed by atoms with van der Waals surface area (Å²) in [6.45, 7) is 2.13. The van der Waals surface area contributed by atoms with E-state index in [-0.39, 0.29) is 0 Å². The van der Waals surface area contributed by atoms with Gasteiger partial charge in [0, 0.05) is 37.4 Å². The molecule has 0 bridgehead atoms. The molecule has 0 spiro atoms. The van der Waals surface area contributed by atoms with Gasteiger partial charge < -0.3 is 9.80 Å². The average Bonchev–Trinajstić information content (AvgIpc) is 3.14. The Morgan fingerprint density at radius 2 is 1.90 bits per heavy atom. The Morgan fingerprint density at radius 3 is 2.62 bits per heavy atom. The Balaban J connectivity index is 1.58. The van der Waals surface area contributed by atoms with Gasteiger partial charge in [-0.2, -0.15) is 0 Å². The van der Waals surface area contributed by atoms with Crippen LogP contribution < -0.4 is 0 Å². The molecular weight excluding hydrogens is 262 g/mol. The fraction of sp³-hybridized carbons (Fsp3) is 0.647. The molecule has 3 heterocycles. The zero-order valence-electron chi connectivity index (χ0n) is 12.9. The highest BCUT2D eigenvalue weighted by molar-refractivity contribution is 5.77. The van der Waals surface area contributed by atoms with Crippen molar-refractivity contribution >= 4 is 5.91 Å². The van der Waals surface area contributed by atoms with E-state index in [4.69, 9.17) is 0 Å². The van der Waals surface area contributed by atoms with Crippen LogP contribution in [0.25, 0.3) is 0 Å². The average molecular weight is 287 g/mol. The molecule has 1 aromatic heterocycles. The first-order chi connectivity index (χ1) is 10.3. The van der Waals surface area contributed by atoms with E-state index in [2.05, 4.69) is 21.8 Å². The minimum Gasteiger partial charge on any atom is -0.338 e. The maximum atomic E-state index is 12.6. The van der Waals surface area contributed by atoms with Crippen molar-refractivity contribution in [1.82, 2.24) is 14.8 Å². The van der Waals surface area contributed by atoms with Crippen LogP contribution in [0.15, 0.2) is 24.5 Å². The van der Waals surface area contributed by atoms with Gasteiger partial charge in [-0.25, -0.2) is 0 Å². The van der Waals surface area contributed by atoms with Gasteiger partial charge in [-0.15, -0.1) is 0 Å². The van der Waals surface area contributed by atoms with Crippen LogP contribution in [0.5, 0.6) is 0 Å². The Labute approximate surface area is 127 Å². The molecule has 0 aliphatic carbocycles. The summed E-state index contributed by atoms with van der Waals surface area (Å²) in [5.74, 6) is 0.328. The number of amides is 1. The Bertz CT molecular complexity index is 476. The fourth-order valence-electron chi connectivity index (χ4n) is 3.87. The number of hydrogen-bond donors (Lipinski definition) is 0. The summed E-state index contributed by atoms with van der Waals surface area (Å²) < 4.78 is 0. The van der Waals surface area contributed by atoms with Crippen LogP contribution in [0.2, 0.25) is 0 Å². The maximum Gasteiger partial charge on any atom is 0.223 e. The van der Waals surface area contributed by atoms with Gasteiger partial charge in [-0.3, -0.25) is 9.78 Å². The number of carbonyl (C=O) groups is 1. The summed E-state index contributed by atoms with van der Waals surface area (Å²) in [6.07, 6.45) is 9.90. The van der Waals surface area contributed by atoms with Crippen LogP contribution in [0.1, 0.15) is 37.7 Å². The van der Waals surface area contributed by atoms with Crippen molar-refractivity contribution in [3.63, 3.8) is 0 Å². The molecule has 114 valence electrons. The van der Waals surface area contributed by atoms with E-state index < -0.39 is 0 Å². The first-order valence-corrected chi connectivity index (χ1v) is 8.14. The van der Waals surface area contributed by atoms with E-state index >= 15 is 0 Å². The van der Waals surface area contributed by atoms with Gasteiger partial charge in [-0.05, 0) is 63.4 Å². The number of nitrogens with zero attached hydrogens (tertiary/aromatic N) is 3. The summed E-state index contributed by atoms with van der Waals surface area (Å²) in [7, 11) is 2.20. The molecule has 3 rings (SSSR count). The van der Waals surface area contributed by atoms with Crippen molar-refractivity contribution in [2.75, 3.05) is 20.1 Å². The zero-order valence-corrected chi connectivity index (χ0v) is 12.9. The molecule has 2 atom stereocenters. The lowest BCUT2D eigenvalue weighted by molar-refractivity contribution is -0.132. The Hall–Kier alpha value is -1.42. The van der Waals surface area contributed by atoms with Crippen molar-refractivity contribution in [1.29, 1.82) is 0 Å². The molecule has 2 aliphatic heterocycles. The number of aromatic nitrogens is 1. The van der Waals surface area contributed by atoms with Gasteiger partial charge in [-0.1, -0.05) is 0 Å². The highest BCUT2D eigenvalue weighted by Crippen LogP contribution is 2.29. The highest BCUT2D eigenvalue weighted by Gasteiger charge is 2.37. The lowest BCUT2D eigenvalue weighted by atomic mass is 10.0. The number of likely N-dealkylation sites (tertiary alicyclic amines) is 2. The summed E-state index contributed by atoms with van der Waals surface area (Å²) in [6, 6.07) is 5.03. The molecule has 2 aliphatic rings. The molecule has 4 nitrogen and oxygen atoms in total. The first-order valence-electron chi connectivity index (χ1n) is 8.14. The third-order valence-corrected chi connectivity index (χ3v) is 5.02. The summed E-state index contributed by atoms with van der Waals surface area (Å²) in [5, 5.41) is 0. The van der Waals surface area contributed by atoms with Gasteiger partial charge in [0.2, 0.25) is 5.91 Å². The van der Waals surface area contributed by atoms with Crippen LogP contribution in [0.3, 0.4) is 0 Å². The number of carbonyl (C=O) groups excluding carboxylic acids is 1. The second kappa shape index (κ2) is 6.56. The largest absolute Gasteiger partial charge is 0.338 e. The molecule has 0 saturated carbocycles. The molecule has 4 heteroatoms. The van der Waals surface area contributed by atoms with Crippen LogP contribution in [0, 0.1) is 0 Å². The van der Waals surface area contributed by atoms with Crippen LogP contribution in [-0.4, -0.2) is 52.9 Å². The second-order valence-electron chi connectivity index (χ2n) is 6.34.